The fourth-order valence-electron chi connectivity index (χ4n) is 1.14. The van der Waals surface area contributed by atoms with E-state index in [1.165, 1.54) is 12.1 Å². The smallest absolute Gasteiger partial charge is 0.144 e. The second-order valence-corrected chi connectivity index (χ2v) is 3.21. The first kappa shape index (κ1) is 13.4. The van der Waals surface area contributed by atoms with Crippen LogP contribution in [0, 0.1) is 17.1 Å². The SMILES string of the molecule is COCCOCCOc1ccc(C#N)c(F)c1. The summed E-state index contributed by atoms with van der Waals surface area (Å²) in [5, 5.41) is 8.54. The van der Waals surface area contributed by atoms with Crippen LogP contribution < -0.4 is 4.74 Å². The van der Waals surface area contributed by atoms with Crippen LogP contribution in [0.5, 0.6) is 5.75 Å². The van der Waals surface area contributed by atoms with Gasteiger partial charge in [-0.05, 0) is 12.1 Å². The van der Waals surface area contributed by atoms with Crippen LogP contribution in [0.4, 0.5) is 4.39 Å². The highest BCUT2D eigenvalue weighted by molar-refractivity contribution is 5.36. The molecule has 17 heavy (non-hydrogen) atoms. The van der Waals surface area contributed by atoms with E-state index in [2.05, 4.69) is 0 Å². The molecule has 0 aliphatic carbocycles. The molecule has 5 heteroatoms. The maximum absolute atomic E-state index is 13.2. The lowest BCUT2D eigenvalue weighted by molar-refractivity contribution is 0.0544. The van der Waals surface area contributed by atoms with Crippen molar-refractivity contribution in [1.82, 2.24) is 0 Å². The summed E-state index contributed by atoms with van der Waals surface area (Å²) in [7, 11) is 1.60. The molecule has 0 heterocycles. The van der Waals surface area contributed by atoms with Crippen LogP contribution in [0.25, 0.3) is 0 Å². The second kappa shape index (κ2) is 7.60. The summed E-state index contributed by atoms with van der Waals surface area (Å²) in [6, 6.07) is 5.87. The largest absolute Gasteiger partial charge is 0.491 e. The molecule has 92 valence electrons. The lowest BCUT2D eigenvalue weighted by Crippen LogP contribution is -2.10. The summed E-state index contributed by atoms with van der Waals surface area (Å²) >= 11 is 0. The number of ether oxygens (including phenoxy) is 3. The third kappa shape index (κ3) is 4.81. The third-order valence-corrected chi connectivity index (χ3v) is 1.99. The molecule has 0 bridgehead atoms. The van der Waals surface area contributed by atoms with E-state index in [1.807, 2.05) is 0 Å². The number of benzene rings is 1. The van der Waals surface area contributed by atoms with Crippen LogP contribution >= 0.6 is 0 Å². The molecule has 0 radical (unpaired) electrons. The Labute approximate surface area is 99.5 Å². The molecule has 0 unspecified atom stereocenters. The number of rotatable bonds is 7. The van der Waals surface area contributed by atoms with E-state index < -0.39 is 5.82 Å². The Balaban J connectivity index is 2.28. The minimum Gasteiger partial charge on any atom is -0.491 e. The first-order valence-corrected chi connectivity index (χ1v) is 5.17. The summed E-state index contributed by atoms with van der Waals surface area (Å²) in [6.45, 7) is 1.77. The molecule has 4 nitrogen and oxygen atoms in total. The Bertz CT molecular complexity index is 390. The molecule has 0 N–H and O–H groups in total. The molecule has 1 aromatic rings. The Morgan fingerprint density at radius 2 is 2.00 bits per heavy atom. The molecule has 0 aliphatic heterocycles. The molecule has 0 saturated carbocycles. The van der Waals surface area contributed by atoms with Crippen LogP contribution in [-0.4, -0.2) is 33.5 Å². The van der Waals surface area contributed by atoms with Gasteiger partial charge in [-0.3, -0.25) is 0 Å². The van der Waals surface area contributed by atoms with Crippen LogP contribution in [0.1, 0.15) is 5.56 Å². The van der Waals surface area contributed by atoms with Crippen molar-refractivity contribution >= 4 is 0 Å². The van der Waals surface area contributed by atoms with Gasteiger partial charge in [-0.2, -0.15) is 5.26 Å². The van der Waals surface area contributed by atoms with Crippen molar-refractivity contribution < 1.29 is 18.6 Å². The molecule has 0 spiro atoms. The highest BCUT2D eigenvalue weighted by Gasteiger charge is 2.02. The quantitative estimate of drug-likeness (QED) is 0.680. The van der Waals surface area contributed by atoms with Gasteiger partial charge >= 0.3 is 0 Å². The normalized spacial score (nSPS) is 9.94. The van der Waals surface area contributed by atoms with E-state index in [9.17, 15) is 4.39 Å². The number of nitrogens with zero attached hydrogens (tertiary/aromatic N) is 1. The van der Waals surface area contributed by atoms with E-state index in [1.54, 1.807) is 19.2 Å². The van der Waals surface area contributed by atoms with Crippen LogP contribution in [0.15, 0.2) is 18.2 Å². The maximum atomic E-state index is 13.2. The zero-order valence-corrected chi connectivity index (χ0v) is 9.61. The van der Waals surface area contributed by atoms with Gasteiger partial charge in [0, 0.05) is 13.2 Å². The Hall–Kier alpha value is -1.64. The highest BCUT2D eigenvalue weighted by Crippen LogP contribution is 2.15. The number of hydrogen-bond acceptors (Lipinski definition) is 4. The highest BCUT2D eigenvalue weighted by atomic mass is 19.1. The zero-order chi connectivity index (χ0) is 12.5. The number of hydrogen-bond donors (Lipinski definition) is 0. The summed E-state index contributed by atoms with van der Waals surface area (Å²) < 4.78 is 28.4. The number of nitriles is 1. The Kier molecular flexibility index (Phi) is 6.00. The van der Waals surface area contributed by atoms with Gasteiger partial charge in [0.1, 0.15) is 24.2 Å². The standard InChI is InChI=1S/C12H14FNO3/c1-15-4-5-16-6-7-17-11-3-2-10(9-14)12(13)8-11/h2-3,8H,4-7H2,1H3. The predicted molar refractivity (Wildman–Crippen MR) is 59.3 cm³/mol. The fourth-order valence-corrected chi connectivity index (χ4v) is 1.14. The van der Waals surface area contributed by atoms with Gasteiger partial charge in [0.15, 0.2) is 0 Å². The predicted octanol–water partition coefficient (Wildman–Crippen LogP) is 1.74. The van der Waals surface area contributed by atoms with Crippen molar-refractivity contribution in [3.8, 4) is 11.8 Å². The topological polar surface area (TPSA) is 51.5 Å². The van der Waals surface area contributed by atoms with Gasteiger partial charge in [-0.25, -0.2) is 4.39 Å². The van der Waals surface area contributed by atoms with E-state index in [0.717, 1.165) is 0 Å². The van der Waals surface area contributed by atoms with Gasteiger partial charge in [0.2, 0.25) is 0 Å². The summed E-state index contributed by atoms with van der Waals surface area (Å²) in [5.74, 6) is -0.192. The summed E-state index contributed by atoms with van der Waals surface area (Å²) in [5.41, 5.74) is 0.00805. The van der Waals surface area contributed by atoms with E-state index in [-0.39, 0.29) is 5.56 Å². The zero-order valence-electron chi connectivity index (χ0n) is 9.61. The Morgan fingerprint density at radius 3 is 2.65 bits per heavy atom. The van der Waals surface area contributed by atoms with E-state index >= 15 is 0 Å². The lowest BCUT2D eigenvalue weighted by atomic mass is 10.2. The summed E-state index contributed by atoms with van der Waals surface area (Å²) in [6.07, 6.45) is 0. The average Bonchev–Trinajstić information content (AvgIpc) is 2.34. The molecular formula is C12H14FNO3. The van der Waals surface area contributed by atoms with Gasteiger partial charge in [0.05, 0.1) is 25.4 Å². The van der Waals surface area contributed by atoms with Gasteiger partial charge in [0.25, 0.3) is 0 Å². The lowest BCUT2D eigenvalue weighted by Gasteiger charge is -2.07. The summed E-state index contributed by atoms with van der Waals surface area (Å²) in [4.78, 5) is 0. The van der Waals surface area contributed by atoms with Gasteiger partial charge in [-0.1, -0.05) is 0 Å². The molecule has 0 saturated heterocycles. The average molecular weight is 239 g/mol. The van der Waals surface area contributed by atoms with Crippen molar-refractivity contribution in [3.05, 3.63) is 29.6 Å². The minimum absolute atomic E-state index is 0.00805. The fraction of sp³-hybridized carbons (Fsp3) is 0.417. The number of methoxy groups -OCH3 is 1. The number of halogens is 1. The van der Waals surface area contributed by atoms with Gasteiger partial charge in [-0.15, -0.1) is 0 Å². The van der Waals surface area contributed by atoms with Crippen LogP contribution in [0.2, 0.25) is 0 Å². The molecule has 0 fully saturated rings. The van der Waals surface area contributed by atoms with Crippen LogP contribution in [-0.2, 0) is 9.47 Å². The molecule has 0 aromatic heterocycles. The van der Waals surface area contributed by atoms with Crippen molar-refractivity contribution in [3.63, 3.8) is 0 Å². The first-order valence-electron chi connectivity index (χ1n) is 5.17. The molecule has 0 aliphatic rings. The van der Waals surface area contributed by atoms with Crippen molar-refractivity contribution in [2.45, 2.75) is 0 Å². The van der Waals surface area contributed by atoms with Crippen molar-refractivity contribution in [1.29, 1.82) is 5.26 Å². The minimum atomic E-state index is -0.578. The van der Waals surface area contributed by atoms with Crippen LogP contribution in [0.3, 0.4) is 0 Å². The Morgan fingerprint density at radius 1 is 1.24 bits per heavy atom. The third-order valence-electron chi connectivity index (χ3n) is 1.99. The molecular weight excluding hydrogens is 225 g/mol. The molecule has 0 amide bonds. The second-order valence-electron chi connectivity index (χ2n) is 3.21. The van der Waals surface area contributed by atoms with E-state index in [4.69, 9.17) is 19.5 Å². The van der Waals surface area contributed by atoms with E-state index in [0.29, 0.717) is 32.2 Å². The van der Waals surface area contributed by atoms with Crippen molar-refractivity contribution in [2.24, 2.45) is 0 Å². The molecule has 1 rings (SSSR count). The first-order chi connectivity index (χ1) is 8.27. The maximum Gasteiger partial charge on any atom is 0.144 e. The molecule has 1 aromatic carbocycles. The molecule has 0 atom stereocenters. The monoisotopic (exact) mass is 239 g/mol. The van der Waals surface area contributed by atoms with Gasteiger partial charge < -0.3 is 14.2 Å². The van der Waals surface area contributed by atoms with Crippen molar-refractivity contribution in [2.75, 3.05) is 33.5 Å².